The van der Waals surface area contributed by atoms with Gasteiger partial charge in [-0.3, -0.25) is 0 Å². The molecule has 1 aliphatic rings. The normalized spacial score (nSPS) is 20.9. The predicted octanol–water partition coefficient (Wildman–Crippen LogP) is 3.42. The van der Waals surface area contributed by atoms with Crippen molar-refractivity contribution in [2.24, 2.45) is 0 Å². The molecule has 2 rings (SSSR count). The predicted molar refractivity (Wildman–Crippen MR) is 74.5 cm³/mol. The van der Waals surface area contributed by atoms with Gasteiger partial charge in [-0.15, -0.1) is 0 Å². The maximum absolute atomic E-state index is 13.1. The smallest absolute Gasteiger partial charge is 0.125 e. The van der Waals surface area contributed by atoms with Crippen molar-refractivity contribution >= 4 is 5.69 Å². The molecule has 0 aromatic heterocycles. The van der Waals surface area contributed by atoms with Crippen LogP contribution in [0, 0.1) is 12.7 Å². The fourth-order valence-electron chi connectivity index (χ4n) is 2.67. The molecule has 1 fully saturated rings. The van der Waals surface area contributed by atoms with Crippen LogP contribution >= 0.6 is 0 Å². The zero-order chi connectivity index (χ0) is 13.0. The molecule has 0 amide bonds. The van der Waals surface area contributed by atoms with Crippen LogP contribution in [-0.2, 0) is 0 Å². The van der Waals surface area contributed by atoms with E-state index in [-0.39, 0.29) is 5.82 Å². The summed E-state index contributed by atoms with van der Waals surface area (Å²) in [4.78, 5) is 2.45. The molecular formula is C15H23FN2. The first-order chi connectivity index (χ1) is 8.66. The third-order valence-electron chi connectivity index (χ3n) is 3.91. The average Bonchev–Trinajstić information content (AvgIpc) is 2.36. The van der Waals surface area contributed by atoms with Gasteiger partial charge in [-0.05, 0) is 57.5 Å². The summed E-state index contributed by atoms with van der Waals surface area (Å²) >= 11 is 0. The molecule has 2 nitrogen and oxygen atoms in total. The minimum Gasteiger partial charge on any atom is -0.385 e. The molecule has 100 valence electrons. The van der Waals surface area contributed by atoms with E-state index >= 15 is 0 Å². The minimum absolute atomic E-state index is 0.169. The van der Waals surface area contributed by atoms with Crippen LogP contribution in [0.4, 0.5) is 10.1 Å². The highest BCUT2D eigenvalue weighted by Crippen LogP contribution is 2.19. The summed E-state index contributed by atoms with van der Waals surface area (Å²) < 4.78 is 13.1. The van der Waals surface area contributed by atoms with E-state index < -0.39 is 0 Å². The van der Waals surface area contributed by atoms with E-state index in [4.69, 9.17) is 0 Å². The Hall–Kier alpha value is -1.09. The summed E-state index contributed by atoms with van der Waals surface area (Å²) in [6.07, 6.45) is 5.09. The molecule has 0 bridgehead atoms. The van der Waals surface area contributed by atoms with Gasteiger partial charge in [-0.2, -0.15) is 0 Å². The second-order valence-electron chi connectivity index (χ2n) is 5.30. The van der Waals surface area contributed by atoms with E-state index in [9.17, 15) is 4.39 Å². The number of hydrogen-bond donors (Lipinski definition) is 1. The Morgan fingerprint density at radius 1 is 1.39 bits per heavy atom. The van der Waals surface area contributed by atoms with Gasteiger partial charge in [0.15, 0.2) is 0 Å². The molecule has 1 N–H and O–H groups in total. The van der Waals surface area contributed by atoms with Crippen LogP contribution in [0.15, 0.2) is 18.2 Å². The van der Waals surface area contributed by atoms with Gasteiger partial charge >= 0.3 is 0 Å². The molecule has 3 heteroatoms. The molecule has 1 atom stereocenters. The van der Waals surface area contributed by atoms with Crippen molar-refractivity contribution in [2.75, 3.05) is 25.5 Å². The molecule has 18 heavy (non-hydrogen) atoms. The second-order valence-corrected chi connectivity index (χ2v) is 5.30. The van der Waals surface area contributed by atoms with Gasteiger partial charge in [0.05, 0.1) is 0 Å². The largest absolute Gasteiger partial charge is 0.385 e. The van der Waals surface area contributed by atoms with E-state index in [1.54, 1.807) is 6.07 Å². The SMILES string of the molecule is Cc1ccc(F)cc1NCCC1CCCCN1C. The summed E-state index contributed by atoms with van der Waals surface area (Å²) in [7, 11) is 2.21. The quantitative estimate of drug-likeness (QED) is 0.881. The van der Waals surface area contributed by atoms with Gasteiger partial charge in [-0.1, -0.05) is 12.5 Å². The first kappa shape index (κ1) is 13.3. The summed E-state index contributed by atoms with van der Waals surface area (Å²) in [6.45, 7) is 4.14. The lowest BCUT2D eigenvalue weighted by Gasteiger charge is -2.32. The summed E-state index contributed by atoms with van der Waals surface area (Å²) in [5, 5.41) is 3.35. The van der Waals surface area contributed by atoms with Gasteiger partial charge in [0.25, 0.3) is 0 Å². The third kappa shape index (κ3) is 3.45. The van der Waals surface area contributed by atoms with Gasteiger partial charge < -0.3 is 10.2 Å². The Kier molecular flexibility index (Phi) is 4.59. The van der Waals surface area contributed by atoms with Crippen LogP contribution in [0.25, 0.3) is 0 Å². The number of rotatable bonds is 4. The summed E-state index contributed by atoms with van der Waals surface area (Å²) in [5.41, 5.74) is 2.03. The monoisotopic (exact) mass is 250 g/mol. The van der Waals surface area contributed by atoms with Gasteiger partial charge in [0.2, 0.25) is 0 Å². The van der Waals surface area contributed by atoms with Crippen molar-refractivity contribution in [3.63, 3.8) is 0 Å². The molecule has 1 aromatic carbocycles. The minimum atomic E-state index is -0.169. The standard InChI is InChI=1S/C15H23FN2/c1-12-6-7-13(16)11-15(12)17-9-8-14-5-3-4-10-18(14)2/h6-7,11,14,17H,3-5,8-10H2,1-2H3. The van der Waals surface area contributed by atoms with Crippen LogP contribution in [0.3, 0.4) is 0 Å². The first-order valence-corrected chi connectivity index (χ1v) is 6.87. The Morgan fingerprint density at radius 2 is 2.22 bits per heavy atom. The van der Waals surface area contributed by atoms with E-state index in [2.05, 4.69) is 17.3 Å². The fraction of sp³-hybridized carbons (Fsp3) is 0.600. The highest BCUT2D eigenvalue weighted by Gasteiger charge is 2.18. The molecule has 1 unspecified atom stereocenters. The zero-order valence-electron chi connectivity index (χ0n) is 11.4. The van der Waals surface area contributed by atoms with Crippen LogP contribution in [0.5, 0.6) is 0 Å². The van der Waals surface area contributed by atoms with Gasteiger partial charge in [-0.25, -0.2) is 4.39 Å². The topological polar surface area (TPSA) is 15.3 Å². The maximum atomic E-state index is 13.1. The Bertz CT molecular complexity index is 392. The molecule has 1 heterocycles. The van der Waals surface area contributed by atoms with Crippen molar-refractivity contribution in [3.05, 3.63) is 29.6 Å². The highest BCUT2D eigenvalue weighted by atomic mass is 19.1. The van der Waals surface area contributed by atoms with Gasteiger partial charge in [0.1, 0.15) is 5.82 Å². The van der Waals surface area contributed by atoms with Crippen LogP contribution in [-0.4, -0.2) is 31.1 Å². The third-order valence-corrected chi connectivity index (χ3v) is 3.91. The number of piperidine rings is 1. The van der Waals surface area contributed by atoms with Crippen molar-refractivity contribution in [1.29, 1.82) is 0 Å². The lowest BCUT2D eigenvalue weighted by atomic mass is 10.00. The van der Waals surface area contributed by atoms with Crippen LogP contribution in [0.1, 0.15) is 31.2 Å². The highest BCUT2D eigenvalue weighted by molar-refractivity contribution is 5.50. The number of halogens is 1. The number of benzene rings is 1. The molecule has 1 aliphatic heterocycles. The molecule has 0 saturated carbocycles. The van der Waals surface area contributed by atoms with Crippen LogP contribution in [0.2, 0.25) is 0 Å². The summed E-state index contributed by atoms with van der Waals surface area (Å²) in [6, 6.07) is 5.60. The van der Waals surface area contributed by atoms with Gasteiger partial charge in [0, 0.05) is 18.3 Å². The van der Waals surface area contributed by atoms with E-state index in [0.29, 0.717) is 6.04 Å². The maximum Gasteiger partial charge on any atom is 0.125 e. The van der Waals surface area contributed by atoms with E-state index in [1.165, 1.54) is 31.9 Å². The van der Waals surface area contributed by atoms with Crippen molar-refractivity contribution in [1.82, 2.24) is 4.90 Å². The van der Waals surface area contributed by atoms with Crippen molar-refractivity contribution in [3.8, 4) is 0 Å². The molecule has 1 aromatic rings. The lowest BCUT2D eigenvalue weighted by molar-refractivity contribution is 0.179. The number of aryl methyl sites for hydroxylation is 1. The molecule has 1 saturated heterocycles. The Labute approximate surface area is 109 Å². The zero-order valence-corrected chi connectivity index (χ0v) is 11.4. The molecule has 0 aliphatic carbocycles. The lowest BCUT2D eigenvalue weighted by Crippen LogP contribution is -2.37. The Morgan fingerprint density at radius 3 is 3.00 bits per heavy atom. The summed E-state index contributed by atoms with van der Waals surface area (Å²) in [5.74, 6) is -0.169. The Balaban J connectivity index is 1.82. The van der Waals surface area contributed by atoms with Crippen molar-refractivity contribution in [2.45, 2.75) is 38.6 Å². The van der Waals surface area contributed by atoms with Crippen LogP contribution < -0.4 is 5.32 Å². The fourth-order valence-corrected chi connectivity index (χ4v) is 2.67. The number of hydrogen-bond acceptors (Lipinski definition) is 2. The number of anilines is 1. The van der Waals surface area contributed by atoms with E-state index in [0.717, 1.165) is 24.2 Å². The van der Waals surface area contributed by atoms with E-state index in [1.807, 2.05) is 13.0 Å². The molecule has 0 spiro atoms. The molecule has 0 radical (unpaired) electrons. The number of likely N-dealkylation sites (tertiary alicyclic amines) is 1. The number of nitrogens with one attached hydrogen (secondary N) is 1. The van der Waals surface area contributed by atoms with Crippen molar-refractivity contribution < 1.29 is 4.39 Å². The first-order valence-electron chi connectivity index (χ1n) is 6.87. The number of nitrogens with zero attached hydrogens (tertiary/aromatic N) is 1. The average molecular weight is 250 g/mol. The second kappa shape index (κ2) is 6.19. The molecular weight excluding hydrogens is 227 g/mol.